The lowest BCUT2D eigenvalue weighted by molar-refractivity contribution is -0.137. The predicted octanol–water partition coefficient (Wildman–Crippen LogP) is 5.10. The molecule has 0 fully saturated rings. The molecule has 3 atom stereocenters. The molecule has 0 saturated carbocycles. The third kappa shape index (κ3) is 7.13. The first-order valence-electron chi connectivity index (χ1n) is 12.2. The Labute approximate surface area is 222 Å². The maximum atomic E-state index is 13.0. The van der Waals surface area contributed by atoms with Crippen molar-refractivity contribution in [3.05, 3.63) is 48.0 Å². The number of hydrogen-bond donors (Lipinski definition) is 4. The van der Waals surface area contributed by atoms with Crippen molar-refractivity contribution in [1.29, 1.82) is 0 Å². The van der Waals surface area contributed by atoms with Crippen molar-refractivity contribution in [1.82, 2.24) is 25.3 Å². The highest BCUT2D eigenvalue weighted by Gasteiger charge is 2.45. The minimum absolute atomic E-state index is 0.110. The second-order valence-corrected chi connectivity index (χ2v) is 10.1. The van der Waals surface area contributed by atoms with E-state index in [9.17, 15) is 33.0 Å². The molecule has 2 aromatic heterocycles. The summed E-state index contributed by atoms with van der Waals surface area (Å²) in [6.07, 6.45) is -5.00. The highest BCUT2D eigenvalue weighted by atomic mass is 19.4. The van der Waals surface area contributed by atoms with Crippen molar-refractivity contribution in [2.45, 2.75) is 71.3 Å². The number of carboxylic acid groups (broad SMARTS) is 1. The molecular formula is C25H31F3N6O5. The number of aliphatic hydroxyl groups excluding tert-OH is 1. The standard InChI is InChI=1S/C25H31F3N6O5/c1-5-6-7-16(18(35)20(36)30-17-12-13-29-31-17)34(23(37)38)19(24(2,3)4)22-33-32-21(39-22)14-8-10-15(11-9-14)25(26,27)28/h8-13,16,18-19,35H,5-7H2,1-4H3,(H,37,38)(H2,29,30,31,36)/t16-,18+,19-/m0/s1. The molecule has 0 bridgehead atoms. The number of H-pyrrole nitrogens is 1. The quantitative estimate of drug-likeness (QED) is 0.270. The van der Waals surface area contributed by atoms with Gasteiger partial charge in [0.1, 0.15) is 11.9 Å². The Kier molecular flexibility index (Phi) is 8.99. The number of nitrogens with zero attached hydrogens (tertiary/aromatic N) is 4. The molecule has 2 amide bonds. The van der Waals surface area contributed by atoms with E-state index in [1.54, 1.807) is 20.8 Å². The molecule has 0 radical (unpaired) electrons. The summed E-state index contributed by atoms with van der Waals surface area (Å²) < 4.78 is 44.7. The van der Waals surface area contributed by atoms with Crippen LogP contribution in [-0.4, -0.2) is 59.7 Å². The van der Waals surface area contributed by atoms with Crippen LogP contribution in [-0.2, 0) is 11.0 Å². The van der Waals surface area contributed by atoms with Crippen LogP contribution in [0.15, 0.2) is 40.9 Å². The molecule has 14 heteroatoms. The van der Waals surface area contributed by atoms with Crippen LogP contribution in [0.3, 0.4) is 0 Å². The maximum absolute atomic E-state index is 13.0. The van der Waals surface area contributed by atoms with Gasteiger partial charge in [-0.15, -0.1) is 10.2 Å². The number of nitrogens with one attached hydrogen (secondary N) is 2. The van der Waals surface area contributed by atoms with Crippen molar-refractivity contribution in [3.63, 3.8) is 0 Å². The minimum Gasteiger partial charge on any atom is -0.465 e. The molecule has 3 rings (SSSR count). The number of aromatic amines is 1. The summed E-state index contributed by atoms with van der Waals surface area (Å²) in [5.74, 6) is -0.862. The normalized spacial score (nSPS) is 14.5. The van der Waals surface area contributed by atoms with Gasteiger partial charge in [0, 0.05) is 11.6 Å². The Morgan fingerprint density at radius 3 is 2.31 bits per heavy atom. The van der Waals surface area contributed by atoms with Crippen LogP contribution in [0.1, 0.15) is 64.5 Å². The van der Waals surface area contributed by atoms with Crippen molar-refractivity contribution in [2.24, 2.45) is 5.41 Å². The predicted molar refractivity (Wildman–Crippen MR) is 133 cm³/mol. The largest absolute Gasteiger partial charge is 0.465 e. The SMILES string of the molecule is CCCC[C@@H]([C@@H](O)C(=O)Nc1ccn[nH]1)N(C(=O)O)[C@@H](c1nnc(-c2ccc(C(F)(F)F)cc2)o1)C(C)(C)C. The lowest BCUT2D eigenvalue weighted by Gasteiger charge is -2.42. The van der Waals surface area contributed by atoms with Gasteiger partial charge in [0.15, 0.2) is 6.10 Å². The van der Waals surface area contributed by atoms with Crippen LogP contribution in [0, 0.1) is 5.41 Å². The number of anilines is 1. The molecular weight excluding hydrogens is 521 g/mol. The summed E-state index contributed by atoms with van der Waals surface area (Å²) in [5, 5.41) is 38.1. The number of carbonyl (C=O) groups is 2. The summed E-state index contributed by atoms with van der Waals surface area (Å²) in [6.45, 7) is 7.06. The molecule has 11 nitrogen and oxygen atoms in total. The van der Waals surface area contributed by atoms with E-state index in [2.05, 4.69) is 25.7 Å². The zero-order valence-corrected chi connectivity index (χ0v) is 21.9. The van der Waals surface area contributed by atoms with E-state index in [0.29, 0.717) is 12.8 Å². The summed E-state index contributed by atoms with van der Waals surface area (Å²) in [5.41, 5.74) is -1.51. The van der Waals surface area contributed by atoms with Crippen LogP contribution in [0.2, 0.25) is 0 Å². The van der Waals surface area contributed by atoms with Crippen LogP contribution >= 0.6 is 0 Å². The van der Waals surface area contributed by atoms with Crippen molar-refractivity contribution >= 4 is 17.8 Å². The number of aliphatic hydroxyl groups is 1. The monoisotopic (exact) mass is 552 g/mol. The van der Waals surface area contributed by atoms with Gasteiger partial charge in [0.25, 0.3) is 5.91 Å². The summed E-state index contributed by atoms with van der Waals surface area (Å²) in [6, 6.07) is 3.25. The fourth-order valence-corrected chi connectivity index (χ4v) is 4.18. The zero-order valence-electron chi connectivity index (χ0n) is 21.9. The van der Waals surface area contributed by atoms with Crippen LogP contribution in [0.5, 0.6) is 0 Å². The van der Waals surface area contributed by atoms with Crippen LogP contribution in [0.25, 0.3) is 11.5 Å². The Morgan fingerprint density at radius 2 is 1.79 bits per heavy atom. The molecule has 0 spiro atoms. The number of alkyl halides is 3. The Hall–Kier alpha value is -3.94. The molecule has 0 aliphatic heterocycles. The molecule has 4 N–H and O–H groups in total. The molecule has 0 aliphatic carbocycles. The average Bonchev–Trinajstić information content (AvgIpc) is 3.54. The minimum atomic E-state index is -4.52. The highest BCUT2D eigenvalue weighted by molar-refractivity contribution is 5.94. The van der Waals surface area contributed by atoms with Crippen molar-refractivity contribution in [2.75, 3.05) is 5.32 Å². The Bertz CT molecular complexity index is 1240. The van der Waals surface area contributed by atoms with E-state index >= 15 is 0 Å². The van der Waals surface area contributed by atoms with E-state index in [-0.39, 0.29) is 29.6 Å². The van der Waals surface area contributed by atoms with Crippen molar-refractivity contribution < 1.29 is 37.4 Å². The van der Waals surface area contributed by atoms with E-state index in [1.165, 1.54) is 24.4 Å². The van der Waals surface area contributed by atoms with Crippen LogP contribution < -0.4 is 5.32 Å². The third-order valence-corrected chi connectivity index (χ3v) is 6.06. The van der Waals surface area contributed by atoms with Crippen LogP contribution in [0.4, 0.5) is 23.8 Å². The van der Waals surface area contributed by atoms with E-state index in [1.807, 2.05) is 6.92 Å². The number of rotatable bonds is 10. The van der Waals surface area contributed by atoms with Gasteiger partial charge in [0.2, 0.25) is 11.8 Å². The fourth-order valence-electron chi connectivity index (χ4n) is 4.18. The van der Waals surface area contributed by atoms with Crippen molar-refractivity contribution in [3.8, 4) is 11.5 Å². The summed E-state index contributed by atoms with van der Waals surface area (Å²) >= 11 is 0. The molecule has 0 saturated heterocycles. The summed E-state index contributed by atoms with van der Waals surface area (Å²) in [4.78, 5) is 26.5. The van der Waals surface area contributed by atoms with Gasteiger partial charge in [-0.3, -0.25) is 14.8 Å². The molecule has 0 aliphatic rings. The zero-order chi connectivity index (χ0) is 29.0. The maximum Gasteiger partial charge on any atom is 0.416 e. The van der Waals surface area contributed by atoms with Gasteiger partial charge >= 0.3 is 12.3 Å². The smallest absolute Gasteiger partial charge is 0.416 e. The van der Waals surface area contributed by atoms with Gasteiger partial charge < -0.3 is 19.9 Å². The summed E-state index contributed by atoms with van der Waals surface area (Å²) in [7, 11) is 0. The second kappa shape index (κ2) is 11.8. The number of hydrogen-bond acceptors (Lipinski definition) is 7. The fraction of sp³-hybridized carbons (Fsp3) is 0.480. The molecule has 39 heavy (non-hydrogen) atoms. The molecule has 0 unspecified atom stereocenters. The first-order chi connectivity index (χ1) is 18.2. The molecule has 1 aromatic carbocycles. The third-order valence-electron chi connectivity index (χ3n) is 6.06. The van der Waals surface area contributed by atoms with Gasteiger partial charge in [-0.05, 0) is 36.1 Å². The van der Waals surface area contributed by atoms with E-state index in [4.69, 9.17) is 4.42 Å². The second-order valence-electron chi connectivity index (χ2n) is 10.1. The lowest BCUT2D eigenvalue weighted by Crippen LogP contribution is -2.54. The molecule has 212 valence electrons. The number of aromatic nitrogens is 4. The number of benzene rings is 1. The topological polar surface area (TPSA) is 157 Å². The number of halogens is 3. The van der Waals surface area contributed by atoms with Gasteiger partial charge in [0.05, 0.1) is 17.8 Å². The molecule has 2 heterocycles. The average molecular weight is 553 g/mol. The highest BCUT2D eigenvalue weighted by Crippen LogP contribution is 2.41. The first kappa shape index (κ1) is 29.6. The van der Waals surface area contributed by atoms with E-state index in [0.717, 1.165) is 17.0 Å². The Morgan fingerprint density at radius 1 is 1.13 bits per heavy atom. The van der Waals surface area contributed by atoms with E-state index < -0.39 is 47.3 Å². The number of amides is 2. The van der Waals surface area contributed by atoms with Gasteiger partial charge in [-0.25, -0.2) is 4.79 Å². The van der Waals surface area contributed by atoms with Gasteiger partial charge in [-0.1, -0.05) is 40.5 Å². The Balaban J connectivity index is 2.00. The number of carbonyl (C=O) groups excluding carboxylic acids is 1. The number of unbranched alkanes of at least 4 members (excludes halogenated alkanes) is 1. The van der Waals surface area contributed by atoms with Gasteiger partial charge in [-0.2, -0.15) is 18.3 Å². The molecule has 3 aromatic rings. The lowest BCUT2D eigenvalue weighted by atomic mass is 9.83. The first-order valence-corrected chi connectivity index (χ1v) is 12.2.